The molecule has 0 aromatic heterocycles. The van der Waals surface area contributed by atoms with Crippen molar-refractivity contribution < 1.29 is 17.6 Å². The molecule has 3 aliphatic carbocycles. The van der Waals surface area contributed by atoms with Gasteiger partial charge in [0.2, 0.25) is 0 Å². The highest BCUT2D eigenvalue weighted by Gasteiger charge is 2.31. The molecule has 6 rings (SSSR count). The topological polar surface area (TPSA) is 0 Å². The van der Waals surface area contributed by atoms with Crippen LogP contribution in [0.15, 0.2) is 54.6 Å². The highest BCUT2D eigenvalue weighted by atomic mass is 28.3. The third kappa shape index (κ3) is 10.5. The summed E-state index contributed by atoms with van der Waals surface area (Å²) in [6.07, 6.45) is 21.2. The number of halogens is 4. The quantitative estimate of drug-likeness (QED) is 0.142. The van der Waals surface area contributed by atoms with Crippen molar-refractivity contribution in [2.45, 2.75) is 155 Å². The minimum atomic E-state index is -1.89. The molecular weight excluding hydrogens is 709 g/mol. The Balaban J connectivity index is 0.000000208. The number of allylic oxidation sites excluding steroid dienone is 2. The van der Waals surface area contributed by atoms with E-state index < -0.39 is 39.4 Å². The van der Waals surface area contributed by atoms with Gasteiger partial charge in [-0.15, -0.1) is 0 Å². The number of rotatable bonds is 10. The zero-order valence-corrected chi connectivity index (χ0v) is 36.7. The van der Waals surface area contributed by atoms with Gasteiger partial charge in [-0.25, -0.2) is 17.6 Å². The molecular formula is C48H68F4Si2. The minimum Gasteiger partial charge on any atom is -0.204 e. The molecule has 3 aromatic carbocycles. The van der Waals surface area contributed by atoms with Crippen LogP contribution in [0, 0.1) is 46.9 Å². The lowest BCUT2D eigenvalue weighted by atomic mass is 9.70. The van der Waals surface area contributed by atoms with E-state index in [1.54, 1.807) is 12.1 Å². The smallest absolute Gasteiger partial charge is 0.166 e. The Hall–Kier alpha value is -2.45. The molecule has 3 aliphatic rings. The minimum absolute atomic E-state index is 0.368. The van der Waals surface area contributed by atoms with E-state index in [1.807, 2.05) is 43.9 Å². The highest BCUT2D eigenvalue weighted by Crippen LogP contribution is 2.43. The summed E-state index contributed by atoms with van der Waals surface area (Å²) >= 11 is 0. The molecule has 1 unspecified atom stereocenters. The SMILES string of the molecule is CCCC1CCC(C2CC=C(c3ccc([Si](C)(C)C)c(F)c3F)CC2)CC1.CCCC1CCC(c2ccc(-c3ccc([Si](C)(C)C)c(F)c3F)cc2)CC1. The van der Waals surface area contributed by atoms with E-state index in [9.17, 15) is 17.6 Å². The summed E-state index contributed by atoms with van der Waals surface area (Å²) in [6.45, 7) is 16.8. The Labute approximate surface area is 327 Å². The Kier molecular flexibility index (Phi) is 14.8. The molecule has 3 aromatic rings. The van der Waals surface area contributed by atoms with Crippen molar-refractivity contribution in [3.05, 3.63) is 89.0 Å². The molecule has 0 radical (unpaired) electrons. The first-order valence-electron chi connectivity index (χ1n) is 21.4. The van der Waals surface area contributed by atoms with Crippen LogP contribution < -0.4 is 10.4 Å². The third-order valence-corrected chi connectivity index (χ3v) is 17.1. The molecule has 0 N–H and O–H groups in total. The molecule has 296 valence electrons. The average molecular weight is 777 g/mol. The van der Waals surface area contributed by atoms with E-state index in [0.717, 1.165) is 54.1 Å². The van der Waals surface area contributed by atoms with Crippen LogP contribution in [0.1, 0.15) is 127 Å². The van der Waals surface area contributed by atoms with Gasteiger partial charge >= 0.3 is 0 Å². The molecule has 0 nitrogen and oxygen atoms in total. The van der Waals surface area contributed by atoms with E-state index in [-0.39, 0.29) is 0 Å². The van der Waals surface area contributed by atoms with E-state index in [2.05, 4.69) is 51.7 Å². The predicted octanol–water partition coefficient (Wildman–Crippen LogP) is 14.6. The maximum Gasteiger partial charge on any atom is 0.166 e. The van der Waals surface area contributed by atoms with Gasteiger partial charge in [-0.2, -0.15) is 0 Å². The lowest BCUT2D eigenvalue weighted by molar-refractivity contribution is 0.189. The van der Waals surface area contributed by atoms with Gasteiger partial charge in [0.15, 0.2) is 23.3 Å². The van der Waals surface area contributed by atoms with Crippen molar-refractivity contribution in [1.29, 1.82) is 0 Å². The van der Waals surface area contributed by atoms with Crippen molar-refractivity contribution in [3.8, 4) is 11.1 Å². The zero-order chi connectivity index (χ0) is 39.2. The van der Waals surface area contributed by atoms with Crippen LogP contribution in [0.4, 0.5) is 17.6 Å². The lowest BCUT2D eigenvalue weighted by Crippen LogP contribution is -2.40. The average Bonchev–Trinajstić information content (AvgIpc) is 3.14. The maximum absolute atomic E-state index is 14.8. The number of benzene rings is 3. The number of hydrogen-bond acceptors (Lipinski definition) is 0. The van der Waals surface area contributed by atoms with Crippen LogP contribution in [0.2, 0.25) is 39.3 Å². The Morgan fingerprint density at radius 2 is 1.00 bits per heavy atom. The molecule has 0 amide bonds. The fourth-order valence-corrected chi connectivity index (χ4v) is 12.4. The van der Waals surface area contributed by atoms with Crippen molar-refractivity contribution in [3.63, 3.8) is 0 Å². The van der Waals surface area contributed by atoms with Crippen molar-refractivity contribution in [2.75, 3.05) is 0 Å². The number of hydrogen-bond donors (Lipinski definition) is 0. The van der Waals surface area contributed by atoms with Crippen LogP contribution in [0.25, 0.3) is 16.7 Å². The van der Waals surface area contributed by atoms with E-state index in [1.165, 1.54) is 82.6 Å². The summed E-state index contributed by atoms with van der Waals surface area (Å²) in [5.41, 5.74) is 3.99. The second-order valence-corrected chi connectivity index (χ2v) is 29.1. The normalized spacial score (nSPS) is 23.7. The summed E-state index contributed by atoms with van der Waals surface area (Å²) in [5.74, 6) is 1.44. The van der Waals surface area contributed by atoms with Crippen LogP contribution in [0.3, 0.4) is 0 Å². The second kappa shape index (κ2) is 18.7. The Bertz CT molecular complexity index is 1700. The standard InChI is InChI=1S/C24H36F2Si.C24H32F2Si/c2*1-5-6-17-7-9-18(10-8-17)19-11-13-20(14-12-19)21-15-16-22(27(2,3)4)24(26)23(21)25/h13,15-19H,5-12,14H2,1-4H3;11-18H,5-10H2,1-4H3. The maximum atomic E-state index is 14.8. The van der Waals surface area contributed by atoms with E-state index >= 15 is 0 Å². The zero-order valence-electron chi connectivity index (χ0n) is 34.7. The largest absolute Gasteiger partial charge is 0.204 e. The summed E-state index contributed by atoms with van der Waals surface area (Å²) in [6, 6.07) is 15.3. The summed E-state index contributed by atoms with van der Waals surface area (Å²) in [7, 11) is -3.75. The van der Waals surface area contributed by atoms with Crippen molar-refractivity contribution in [2.24, 2.45) is 23.7 Å². The van der Waals surface area contributed by atoms with Crippen LogP contribution in [-0.4, -0.2) is 16.1 Å². The molecule has 1 atom stereocenters. The van der Waals surface area contributed by atoms with Gasteiger partial charge in [0.1, 0.15) is 0 Å². The fourth-order valence-electron chi connectivity index (χ4n) is 9.74. The Morgan fingerprint density at radius 3 is 1.46 bits per heavy atom. The molecule has 0 heterocycles. The van der Waals surface area contributed by atoms with E-state index in [4.69, 9.17) is 0 Å². The molecule has 2 fully saturated rings. The van der Waals surface area contributed by atoms with Gasteiger partial charge in [0.05, 0.1) is 16.1 Å². The highest BCUT2D eigenvalue weighted by molar-refractivity contribution is 6.89. The summed E-state index contributed by atoms with van der Waals surface area (Å²) in [5, 5.41) is 1.16. The molecule has 0 saturated heterocycles. The monoisotopic (exact) mass is 776 g/mol. The van der Waals surface area contributed by atoms with Crippen LogP contribution in [-0.2, 0) is 0 Å². The first-order chi connectivity index (χ1) is 25.6. The molecule has 0 spiro atoms. The second-order valence-electron chi connectivity index (χ2n) is 19.0. The van der Waals surface area contributed by atoms with Crippen molar-refractivity contribution in [1.82, 2.24) is 0 Å². The predicted molar refractivity (Wildman–Crippen MR) is 229 cm³/mol. The molecule has 54 heavy (non-hydrogen) atoms. The summed E-state index contributed by atoms with van der Waals surface area (Å²) in [4.78, 5) is 0. The van der Waals surface area contributed by atoms with Gasteiger partial charge in [-0.1, -0.05) is 146 Å². The van der Waals surface area contributed by atoms with Crippen molar-refractivity contribution >= 4 is 32.1 Å². The fraction of sp³-hybridized carbons (Fsp3) is 0.583. The van der Waals surface area contributed by atoms with Crippen LogP contribution in [0.5, 0.6) is 0 Å². The van der Waals surface area contributed by atoms with Gasteiger partial charge in [-0.05, 0) is 114 Å². The van der Waals surface area contributed by atoms with Gasteiger partial charge in [0.25, 0.3) is 0 Å². The first-order valence-corrected chi connectivity index (χ1v) is 28.4. The first kappa shape index (κ1) is 42.7. The van der Waals surface area contributed by atoms with Gasteiger partial charge in [-0.3, -0.25) is 0 Å². The Morgan fingerprint density at radius 1 is 0.519 bits per heavy atom. The molecule has 0 bridgehead atoms. The van der Waals surface area contributed by atoms with Gasteiger partial charge < -0.3 is 0 Å². The molecule has 6 heteroatoms. The molecule has 0 aliphatic heterocycles. The van der Waals surface area contributed by atoms with Crippen LogP contribution >= 0.6 is 0 Å². The lowest BCUT2D eigenvalue weighted by Gasteiger charge is -2.35. The van der Waals surface area contributed by atoms with E-state index in [0.29, 0.717) is 27.4 Å². The van der Waals surface area contributed by atoms with Gasteiger partial charge in [0, 0.05) is 11.1 Å². The molecule has 2 saturated carbocycles. The third-order valence-electron chi connectivity index (χ3n) is 13.1. The summed E-state index contributed by atoms with van der Waals surface area (Å²) < 4.78 is 58.6.